The minimum atomic E-state index is -3.51. The summed E-state index contributed by atoms with van der Waals surface area (Å²) >= 11 is 0. The number of nitrogens with two attached hydrogens (primary N) is 1. The predicted molar refractivity (Wildman–Crippen MR) is 64.4 cm³/mol. The molecule has 1 atom stereocenters. The van der Waals surface area contributed by atoms with E-state index in [4.69, 9.17) is 5.73 Å². The highest BCUT2D eigenvalue weighted by Crippen LogP contribution is 2.22. The van der Waals surface area contributed by atoms with Crippen LogP contribution in [0.5, 0.6) is 0 Å². The lowest BCUT2D eigenvalue weighted by Gasteiger charge is -2.28. The number of hydrogen-bond donors (Lipinski definition) is 4. The first-order chi connectivity index (χ1) is 7.91. The molecule has 0 saturated carbocycles. The van der Waals surface area contributed by atoms with Crippen LogP contribution in [0.4, 0.5) is 4.79 Å². The number of carbonyl (C=O) groups excluding carboxylic acids is 1. The van der Waals surface area contributed by atoms with E-state index < -0.39 is 16.1 Å². The molecule has 1 rings (SSSR count). The molecule has 0 aromatic carbocycles. The van der Waals surface area contributed by atoms with Crippen LogP contribution in [0.15, 0.2) is 0 Å². The first-order valence-electron chi connectivity index (χ1n) is 5.66. The Bertz CT molecular complexity index is 351. The van der Waals surface area contributed by atoms with Crippen LogP contribution in [0.1, 0.15) is 19.8 Å². The smallest absolute Gasteiger partial charge is 0.327 e. The topological polar surface area (TPSA) is 113 Å². The summed E-state index contributed by atoms with van der Waals surface area (Å²) in [4.78, 5) is 12.4. The molecular formula is C9H20N4O3S. The van der Waals surface area contributed by atoms with Crippen molar-refractivity contribution in [1.82, 2.24) is 15.6 Å². The molecule has 100 valence electrons. The van der Waals surface area contributed by atoms with E-state index >= 15 is 0 Å². The third-order valence-electron chi connectivity index (χ3n) is 3.00. The first-order valence-corrected chi connectivity index (χ1v) is 7.31. The zero-order chi connectivity index (χ0) is 12.9. The van der Waals surface area contributed by atoms with Gasteiger partial charge in [-0.25, -0.2) is 13.2 Å². The minimum Gasteiger partial charge on any atom is -0.351 e. The number of carbonyl (C=O) groups is 1. The number of hydrogen-bond acceptors (Lipinski definition) is 4. The molecule has 1 fully saturated rings. The van der Waals surface area contributed by atoms with E-state index in [1.54, 1.807) is 0 Å². The Morgan fingerprint density at radius 3 is 2.59 bits per heavy atom. The van der Waals surface area contributed by atoms with E-state index in [2.05, 4.69) is 5.32 Å². The molecule has 0 radical (unpaired) electrons. The van der Waals surface area contributed by atoms with Crippen molar-refractivity contribution in [2.24, 2.45) is 17.6 Å². The molecule has 1 aliphatic heterocycles. The molecule has 0 aliphatic carbocycles. The van der Waals surface area contributed by atoms with Crippen LogP contribution in [0.2, 0.25) is 0 Å². The Hall–Kier alpha value is -0.860. The second-order valence-corrected chi connectivity index (χ2v) is 6.20. The number of hydrazine groups is 1. The van der Waals surface area contributed by atoms with E-state index in [9.17, 15) is 13.2 Å². The number of primary amides is 1. The van der Waals surface area contributed by atoms with E-state index in [1.165, 1.54) is 0 Å². The van der Waals surface area contributed by atoms with Gasteiger partial charge in [0.05, 0.1) is 5.75 Å². The lowest BCUT2D eigenvalue weighted by atomic mass is 9.87. The average molecular weight is 264 g/mol. The fourth-order valence-electron chi connectivity index (χ4n) is 2.07. The second kappa shape index (κ2) is 6.18. The van der Waals surface area contributed by atoms with E-state index in [0.717, 1.165) is 25.9 Å². The van der Waals surface area contributed by atoms with Crippen LogP contribution in [-0.2, 0) is 10.0 Å². The summed E-state index contributed by atoms with van der Waals surface area (Å²) in [6.45, 7) is 3.78. The molecule has 5 N–H and O–H groups in total. The summed E-state index contributed by atoms with van der Waals surface area (Å²) in [6, 6.07) is -0.914. The van der Waals surface area contributed by atoms with Crippen molar-refractivity contribution in [1.29, 1.82) is 0 Å². The lowest BCUT2D eigenvalue weighted by molar-refractivity contribution is 0.247. The van der Waals surface area contributed by atoms with Crippen molar-refractivity contribution in [3.8, 4) is 0 Å². The van der Waals surface area contributed by atoms with Crippen molar-refractivity contribution in [3.63, 3.8) is 0 Å². The van der Waals surface area contributed by atoms with Crippen LogP contribution in [0, 0.1) is 11.8 Å². The Kier molecular flexibility index (Phi) is 5.16. The van der Waals surface area contributed by atoms with Gasteiger partial charge < -0.3 is 11.1 Å². The van der Waals surface area contributed by atoms with Gasteiger partial charge in [0.25, 0.3) is 0 Å². The first kappa shape index (κ1) is 14.2. The maximum atomic E-state index is 11.6. The molecule has 1 aliphatic rings. The van der Waals surface area contributed by atoms with Gasteiger partial charge in [0.15, 0.2) is 0 Å². The highest BCUT2D eigenvalue weighted by atomic mass is 32.2. The van der Waals surface area contributed by atoms with Crippen molar-refractivity contribution < 1.29 is 13.2 Å². The van der Waals surface area contributed by atoms with Gasteiger partial charge in [0.2, 0.25) is 10.0 Å². The quantitative estimate of drug-likeness (QED) is 0.483. The summed E-state index contributed by atoms with van der Waals surface area (Å²) in [7, 11) is -3.51. The van der Waals surface area contributed by atoms with Crippen molar-refractivity contribution >= 4 is 16.1 Å². The number of amides is 2. The molecular weight excluding hydrogens is 244 g/mol. The lowest BCUT2D eigenvalue weighted by Crippen LogP contribution is -2.46. The standard InChI is InChI=1S/C9H20N4O3S/c1-7(8-2-4-11-5-3-8)6-17(15,16)13-12-9(10)14/h7-8,11,13H,2-6H2,1H3,(H3,10,12,14). The second-order valence-electron chi connectivity index (χ2n) is 4.44. The van der Waals surface area contributed by atoms with Crippen LogP contribution < -0.4 is 21.3 Å². The Morgan fingerprint density at radius 1 is 1.47 bits per heavy atom. The van der Waals surface area contributed by atoms with Crippen molar-refractivity contribution in [3.05, 3.63) is 0 Å². The molecule has 1 saturated heterocycles. The Morgan fingerprint density at radius 2 is 2.06 bits per heavy atom. The number of piperidine rings is 1. The molecule has 1 unspecified atom stereocenters. The fourth-order valence-corrected chi connectivity index (χ4v) is 3.37. The number of nitrogens with one attached hydrogen (secondary N) is 3. The van der Waals surface area contributed by atoms with Crippen LogP contribution in [0.3, 0.4) is 0 Å². The molecule has 0 aromatic rings. The van der Waals surface area contributed by atoms with Crippen molar-refractivity contribution in [2.45, 2.75) is 19.8 Å². The Balaban J connectivity index is 2.42. The third kappa shape index (κ3) is 5.33. The van der Waals surface area contributed by atoms with Gasteiger partial charge in [-0.3, -0.25) is 5.43 Å². The van der Waals surface area contributed by atoms with Crippen LogP contribution in [-0.4, -0.2) is 33.3 Å². The van der Waals surface area contributed by atoms with E-state index in [1.807, 2.05) is 17.2 Å². The Labute approximate surface area is 102 Å². The van der Waals surface area contributed by atoms with E-state index in [-0.39, 0.29) is 11.7 Å². The zero-order valence-corrected chi connectivity index (χ0v) is 10.7. The van der Waals surface area contributed by atoms with Gasteiger partial charge in [-0.2, -0.15) is 0 Å². The van der Waals surface area contributed by atoms with Crippen LogP contribution >= 0.6 is 0 Å². The molecule has 0 spiro atoms. The number of urea groups is 1. The average Bonchev–Trinajstić information content (AvgIpc) is 2.27. The van der Waals surface area contributed by atoms with Gasteiger partial charge >= 0.3 is 6.03 Å². The maximum Gasteiger partial charge on any atom is 0.327 e. The molecule has 1 heterocycles. The summed E-state index contributed by atoms with van der Waals surface area (Å²) in [5.74, 6) is 0.462. The highest BCUT2D eigenvalue weighted by molar-refractivity contribution is 7.89. The van der Waals surface area contributed by atoms with Gasteiger partial charge in [0.1, 0.15) is 0 Å². The molecule has 0 bridgehead atoms. The summed E-state index contributed by atoms with van der Waals surface area (Å²) < 4.78 is 23.2. The van der Waals surface area contributed by atoms with Gasteiger partial charge in [-0.05, 0) is 37.8 Å². The molecule has 0 aromatic heterocycles. The zero-order valence-electron chi connectivity index (χ0n) is 9.90. The van der Waals surface area contributed by atoms with E-state index in [0.29, 0.717) is 5.92 Å². The normalized spacial score (nSPS) is 19.8. The predicted octanol–water partition coefficient (Wildman–Crippen LogP) is -0.875. The molecule has 17 heavy (non-hydrogen) atoms. The largest absolute Gasteiger partial charge is 0.351 e. The SMILES string of the molecule is CC(CS(=O)(=O)NNC(N)=O)C1CCNCC1. The molecule has 8 heteroatoms. The number of sulfonamides is 1. The summed E-state index contributed by atoms with van der Waals surface area (Å²) in [5.41, 5.74) is 6.67. The van der Waals surface area contributed by atoms with Gasteiger partial charge in [0, 0.05) is 0 Å². The maximum absolute atomic E-state index is 11.6. The minimum absolute atomic E-state index is 0.00204. The summed E-state index contributed by atoms with van der Waals surface area (Å²) in [5, 5.41) is 3.23. The van der Waals surface area contributed by atoms with Crippen LogP contribution in [0.25, 0.3) is 0 Å². The molecule has 7 nitrogen and oxygen atoms in total. The highest BCUT2D eigenvalue weighted by Gasteiger charge is 2.24. The number of rotatable bonds is 5. The fraction of sp³-hybridized carbons (Fsp3) is 0.889. The monoisotopic (exact) mass is 264 g/mol. The molecule has 2 amide bonds. The van der Waals surface area contributed by atoms with Gasteiger partial charge in [-0.15, -0.1) is 4.83 Å². The summed E-state index contributed by atoms with van der Waals surface area (Å²) in [6.07, 6.45) is 1.97. The third-order valence-corrected chi connectivity index (χ3v) is 4.38. The van der Waals surface area contributed by atoms with Crippen molar-refractivity contribution in [2.75, 3.05) is 18.8 Å². The van der Waals surface area contributed by atoms with Gasteiger partial charge in [-0.1, -0.05) is 6.92 Å².